The van der Waals surface area contributed by atoms with E-state index in [1.165, 1.54) is 21.1 Å². The molecule has 0 saturated carbocycles. The van der Waals surface area contributed by atoms with Crippen molar-refractivity contribution in [1.82, 2.24) is 9.80 Å². The van der Waals surface area contributed by atoms with Gasteiger partial charge in [-0.2, -0.15) is 0 Å². The second kappa shape index (κ2) is 6.70. The first-order valence-corrected chi connectivity index (χ1v) is 9.99. The zero-order chi connectivity index (χ0) is 17.4. The Balaban J connectivity index is 1.49. The fourth-order valence-corrected chi connectivity index (χ4v) is 5.14. The number of carbonyl (C=O) groups is 3. The van der Waals surface area contributed by atoms with Crippen molar-refractivity contribution in [1.29, 1.82) is 0 Å². The number of quaternary nitrogens is 1. The van der Waals surface area contributed by atoms with Crippen LogP contribution in [0.2, 0.25) is 0 Å². The topological polar surface area (TPSA) is 62.1 Å². The Bertz CT molecular complexity index is 788. The van der Waals surface area contributed by atoms with E-state index >= 15 is 0 Å². The number of carbonyl (C=O) groups excluding carboxylic acids is 3. The number of hydrogen-bond donors (Lipinski definition) is 1. The largest absolute Gasteiger partial charge is 0.339 e. The molecule has 2 aliphatic rings. The van der Waals surface area contributed by atoms with Gasteiger partial charge in [0.25, 0.3) is 0 Å². The molecule has 2 saturated heterocycles. The third-order valence-corrected chi connectivity index (χ3v) is 6.61. The van der Waals surface area contributed by atoms with Crippen LogP contribution in [0.5, 0.6) is 0 Å². The molecule has 4 amide bonds. The van der Waals surface area contributed by atoms with E-state index in [4.69, 9.17) is 0 Å². The number of nitrogens with one attached hydrogen (secondary N) is 1. The van der Waals surface area contributed by atoms with E-state index < -0.39 is 17.8 Å². The van der Waals surface area contributed by atoms with E-state index in [-0.39, 0.29) is 13.2 Å². The molecule has 1 N–H and O–H groups in total. The Morgan fingerprint density at radius 3 is 2.52 bits per heavy atom. The molecule has 25 heavy (non-hydrogen) atoms. The smallest absolute Gasteiger partial charge is 0.310 e. The molecule has 8 heteroatoms. The lowest BCUT2D eigenvalue weighted by Crippen LogP contribution is -3.12. The van der Waals surface area contributed by atoms with Crippen molar-refractivity contribution in [2.75, 3.05) is 13.2 Å². The van der Waals surface area contributed by atoms with E-state index in [1.807, 2.05) is 29.0 Å². The summed E-state index contributed by atoms with van der Waals surface area (Å²) < 4.78 is 0. The summed E-state index contributed by atoms with van der Waals surface area (Å²) in [5.74, 6) is -1.42. The molecule has 130 valence electrons. The highest BCUT2D eigenvalue weighted by Gasteiger charge is 2.47. The molecule has 0 spiro atoms. The monoisotopic (exact) mass is 376 g/mol. The van der Waals surface area contributed by atoms with Crippen LogP contribution in [0.1, 0.15) is 28.6 Å². The quantitative estimate of drug-likeness (QED) is 0.635. The molecule has 2 aromatic rings. The average Bonchev–Trinajstić information content (AvgIpc) is 3.38. The lowest BCUT2D eigenvalue weighted by Gasteiger charge is -2.24. The summed E-state index contributed by atoms with van der Waals surface area (Å²) in [7, 11) is 0. The maximum atomic E-state index is 12.6. The summed E-state index contributed by atoms with van der Waals surface area (Å²) in [4.78, 5) is 42.7. The fraction of sp³-hybridized carbons (Fsp3) is 0.353. The first kappa shape index (κ1) is 16.4. The van der Waals surface area contributed by atoms with Crippen LogP contribution in [0.3, 0.4) is 0 Å². The Kier molecular flexibility index (Phi) is 4.41. The summed E-state index contributed by atoms with van der Waals surface area (Å²) in [6, 6.07) is 7.65. The lowest BCUT2D eigenvalue weighted by atomic mass is 10.2. The number of imide groups is 2. The maximum absolute atomic E-state index is 12.6. The highest BCUT2D eigenvalue weighted by atomic mass is 32.1. The minimum Gasteiger partial charge on any atom is -0.310 e. The molecule has 0 radical (unpaired) electrons. The van der Waals surface area contributed by atoms with Crippen LogP contribution < -0.4 is 4.90 Å². The minimum atomic E-state index is -0.718. The maximum Gasteiger partial charge on any atom is 0.339 e. The molecule has 4 rings (SSSR count). The van der Waals surface area contributed by atoms with Crippen molar-refractivity contribution in [2.24, 2.45) is 0 Å². The van der Waals surface area contributed by atoms with Gasteiger partial charge < -0.3 is 4.90 Å². The summed E-state index contributed by atoms with van der Waals surface area (Å²) >= 11 is 3.17. The van der Waals surface area contributed by atoms with E-state index in [1.54, 1.807) is 11.3 Å². The summed E-state index contributed by atoms with van der Waals surface area (Å²) in [5, 5.41) is 3.93. The molecule has 1 unspecified atom stereocenters. The summed E-state index contributed by atoms with van der Waals surface area (Å²) in [5.41, 5.74) is 0. The molecular weight excluding hydrogens is 358 g/mol. The van der Waals surface area contributed by atoms with Gasteiger partial charge in [-0.15, -0.1) is 22.7 Å². The third-order valence-electron chi connectivity index (χ3n) is 4.76. The number of amides is 4. The number of likely N-dealkylation sites (tertiary alicyclic amines) is 1. The fourth-order valence-electron chi connectivity index (χ4n) is 3.52. The van der Waals surface area contributed by atoms with Gasteiger partial charge in [0.2, 0.25) is 0 Å². The molecule has 2 aromatic heterocycles. The zero-order valence-electron chi connectivity index (χ0n) is 13.5. The van der Waals surface area contributed by atoms with Crippen molar-refractivity contribution in [3.8, 4) is 0 Å². The Labute approximate surface area is 153 Å². The van der Waals surface area contributed by atoms with Crippen LogP contribution in [-0.4, -0.2) is 40.9 Å². The van der Waals surface area contributed by atoms with Gasteiger partial charge in [0.05, 0.1) is 18.0 Å². The average molecular weight is 376 g/mol. The lowest BCUT2D eigenvalue weighted by molar-refractivity contribution is -0.925. The highest BCUT2D eigenvalue weighted by Crippen LogP contribution is 2.24. The molecule has 6 nitrogen and oxygen atoms in total. The van der Waals surface area contributed by atoms with Crippen molar-refractivity contribution in [3.63, 3.8) is 0 Å². The Hall–Kier alpha value is -2.03. The van der Waals surface area contributed by atoms with Gasteiger partial charge in [0, 0.05) is 17.7 Å². The summed E-state index contributed by atoms with van der Waals surface area (Å²) in [6.07, 6.45) is 2.10. The van der Waals surface area contributed by atoms with E-state index in [9.17, 15) is 14.4 Å². The number of hydrogen-bond acceptors (Lipinski definition) is 5. The first-order valence-electron chi connectivity index (χ1n) is 8.23. The van der Waals surface area contributed by atoms with Crippen LogP contribution in [0.25, 0.3) is 0 Å². The van der Waals surface area contributed by atoms with Crippen LogP contribution >= 0.6 is 22.7 Å². The van der Waals surface area contributed by atoms with Gasteiger partial charge in [-0.3, -0.25) is 9.59 Å². The van der Waals surface area contributed by atoms with Gasteiger partial charge in [0.1, 0.15) is 6.04 Å². The van der Waals surface area contributed by atoms with Crippen molar-refractivity contribution in [2.45, 2.75) is 25.4 Å². The second-order valence-electron chi connectivity index (χ2n) is 6.26. The van der Waals surface area contributed by atoms with E-state index in [0.717, 1.165) is 34.1 Å². The second-order valence-corrected chi connectivity index (χ2v) is 8.27. The molecule has 0 aliphatic carbocycles. The normalized spacial score (nSPS) is 23.9. The Morgan fingerprint density at radius 2 is 1.80 bits per heavy atom. The predicted octanol–water partition coefficient (Wildman–Crippen LogP) is 1.48. The Morgan fingerprint density at radius 1 is 1.04 bits per heavy atom. The van der Waals surface area contributed by atoms with Crippen molar-refractivity contribution < 1.29 is 19.3 Å². The predicted molar refractivity (Wildman–Crippen MR) is 94.1 cm³/mol. The van der Waals surface area contributed by atoms with E-state index in [0.29, 0.717) is 6.04 Å². The van der Waals surface area contributed by atoms with Gasteiger partial charge in [-0.1, -0.05) is 12.1 Å². The van der Waals surface area contributed by atoms with Crippen molar-refractivity contribution in [3.05, 3.63) is 44.8 Å². The highest BCUT2D eigenvalue weighted by molar-refractivity contribution is 7.10. The molecule has 4 heterocycles. The van der Waals surface area contributed by atoms with Crippen LogP contribution in [-0.2, 0) is 16.1 Å². The number of urea groups is 1. The molecule has 0 aromatic carbocycles. The molecule has 2 atom stereocenters. The van der Waals surface area contributed by atoms with Crippen molar-refractivity contribution >= 4 is 40.5 Å². The molecular formula is C17H18N3O3S2+. The zero-order valence-corrected chi connectivity index (χ0v) is 15.1. The number of thiophene rings is 2. The van der Waals surface area contributed by atoms with Gasteiger partial charge >= 0.3 is 17.8 Å². The first-order chi connectivity index (χ1) is 12.1. The van der Waals surface area contributed by atoms with Crippen LogP contribution in [0.15, 0.2) is 35.0 Å². The van der Waals surface area contributed by atoms with Gasteiger partial charge in [0.15, 0.2) is 6.67 Å². The molecule has 2 aliphatic heterocycles. The van der Waals surface area contributed by atoms with Crippen LogP contribution in [0, 0.1) is 0 Å². The molecule has 0 bridgehead atoms. The minimum absolute atomic E-state index is 0.168. The van der Waals surface area contributed by atoms with Gasteiger partial charge in [-0.05, 0) is 22.9 Å². The number of nitrogens with zero attached hydrogens (tertiary/aromatic N) is 2. The van der Waals surface area contributed by atoms with E-state index in [2.05, 4.69) is 6.07 Å². The van der Waals surface area contributed by atoms with Gasteiger partial charge in [-0.25, -0.2) is 14.6 Å². The summed E-state index contributed by atoms with van der Waals surface area (Å²) in [6.45, 7) is 1.33. The SMILES string of the molecule is O=C1C(=O)N(C[NH+]2CCC[C@@H]2c2cccs2)C(=O)N1Cc1cccs1. The number of rotatable bonds is 5. The standard InChI is InChI=1S/C17H17N3O3S2/c21-15-16(22)20(17(23)19(15)10-12-4-2-8-24-12)11-18-7-1-5-13(18)14-6-3-9-25-14/h2-4,6,8-9,13H,1,5,7,10-11H2/p+1/t13-/m1/s1. The molecule has 2 fully saturated rings. The third kappa shape index (κ3) is 3.01. The van der Waals surface area contributed by atoms with Crippen LogP contribution in [0.4, 0.5) is 4.79 Å².